The molecule has 0 radical (unpaired) electrons. The summed E-state index contributed by atoms with van der Waals surface area (Å²) in [6.45, 7) is 2.02. The van der Waals surface area contributed by atoms with Crippen LogP contribution in [0.3, 0.4) is 0 Å². The number of aromatic hydroxyl groups is 1. The van der Waals surface area contributed by atoms with E-state index in [-0.39, 0.29) is 11.7 Å². The number of nitrogens with one attached hydrogen (secondary N) is 1. The summed E-state index contributed by atoms with van der Waals surface area (Å²) in [5, 5.41) is 14.9. The van der Waals surface area contributed by atoms with Crippen LogP contribution in [0, 0.1) is 6.92 Å². The second kappa shape index (κ2) is 8.78. The normalized spacial score (nSPS) is 11.9. The zero-order chi connectivity index (χ0) is 20.9. The average molecular weight is 396 g/mol. The number of aromatic nitrogens is 1. The fourth-order valence-electron chi connectivity index (χ4n) is 3.61. The van der Waals surface area contributed by atoms with Crippen LogP contribution in [-0.4, -0.2) is 16.0 Å². The van der Waals surface area contributed by atoms with Crippen LogP contribution in [0.5, 0.6) is 5.75 Å². The molecule has 0 saturated carbocycles. The number of amides is 1. The molecule has 4 nitrogen and oxygen atoms in total. The Morgan fingerprint density at radius 2 is 1.73 bits per heavy atom. The third-order valence-electron chi connectivity index (χ3n) is 5.29. The number of benzene rings is 3. The molecule has 1 heterocycles. The van der Waals surface area contributed by atoms with E-state index in [0.29, 0.717) is 23.9 Å². The Kier molecular flexibility index (Phi) is 5.75. The van der Waals surface area contributed by atoms with E-state index >= 15 is 0 Å². The summed E-state index contributed by atoms with van der Waals surface area (Å²) >= 11 is 0. The minimum atomic E-state index is -0.458. The number of aryl methyl sites for hydroxylation is 2. The number of hydrogen-bond acceptors (Lipinski definition) is 3. The van der Waals surface area contributed by atoms with E-state index in [1.54, 1.807) is 6.20 Å². The highest BCUT2D eigenvalue weighted by Gasteiger charge is 2.21. The van der Waals surface area contributed by atoms with Gasteiger partial charge in [0.2, 0.25) is 5.91 Å². The average Bonchev–Trinajstić information content (AvgIpc) is 2.78. The molecular weight excluding hydrogens is 372 g/mol. The van der Waals surface area contributed by atoms with Crippen LogP contribution >= 0.6 is 0 Å². The summed E-state index contributed by atoms with van der Waals surface area (Å²) in [6.07, 6.45) is 2.70. The first-order valence-electron chi connectivity index (χ1n) is 10.1. The first-order valence-corrected chi connectivity index (χ1v) is 10.1. The van der Waals surface area contributed by atoms with Gasteiger partial charge in [-0.15, -0.1) is 0 Å². The molecule has 30 heavy (non-hydrogen) atoms. The third-order valence-corrected chi connectivity index (χ3v) is 5.29. The molecule has 0 aliphatic heterocycles. The standard InChI is InChI=1S/C26H24N2O2/c1-18-9-12-21(13-10-18)24(28-23(29)16-11-19-6-3-2-4-7-19)22-15-14-20-8-5-17-27-25(20)26(22)30/h2-10,12-15,17,24,30H,11,16H2,1H3,(H,28,29)/t24-/m1/s1. The Hall–Kier alpha value is -3.66. The van der Waals surface area contributed by atoms with Gasteiger partial charge in [-0.05, 0) is 30.5 Å². The lowest BCUT2D eigenvalue weighted by Gasteiger charge is -2.22. The van der Waals surface area contributed by atoms with Gasteiger partial charge >= 0.3 is 0 Å². The zero-order valence-electron chi connectivity index (χ0n) is 16.9. The molecule has 1 amide bonds. The number of phenols is 1. The van der Waals surface area contributed by atoms with E-state index in [9.17, 15) is 9.90 Å². The van der Waals surface area contributed by atoms with Gasteiger partial charge in [0.15, 0.2) is 0 Å². The van der Waals surface area contributed by atoms with Crippen molar-refractivity contribution < 1.29 is 9.90 Å². The topological polar surface area (TPSA) is 62.2 Å². The number of fused-ring (bicyclic) bond motifs is 1. The van der Waals surface area contributed by atoms with Crippen molar-refractivity contribution in [2.24, 2.45) is 0 Å². The predicted octanol–water partition coefficient (Wildman–Crippen LogP) is 5.09. The quantitative estimate of drug-likeness (QED) is 0.477. The summed E-state index contributed by atoms with van der Waals surface area (Å²) in [6, 6.07) is 25.0. The molecular formula is C26H24N2O2. The minimum Gasteiger partial charge on any atom is -0.505 e. The van der Waals surface area contributed by atoms with Crippen LogP contribution < -0.4 is 5.32 Å². The van der Waals surface area contributed by atoms with Gasteiger partial charge < -0.3 is 10.4 Å². The molecule has 4 heteroatoms. The maximum atomic E-state index is 12.8. The number of hydrogen-bond donors (Lipinski definition) is 2. The van der Waals surface area contributed by atoms with Gasteiger partial charge in [-0.25, -0.2) is 0 Å². The second-order valence-corrected chi connectivity index (χ2v) is 7.48. The molecule has 0 spiro atoms. The van der Waals surface area contributed by atoms with Crippen molar-refractivity contribution >= 4 is 16.8 Å². The lowest BCUT2D eigenvalue weighted by Crippen LogP contribution is -2.29. The maximum absolute atomic E-state index is 12.8. The lowest BCUT2D eigenvalue weighted by molar-refractivity contribution is -0.121. The summed E-state index contributed by atoms with van der Waals surface area (Å²) in [4.78, 5) is 17.1. The number of pyridine rings is 1. The number of nitrogens with zero attached hydrogens (tertiary/aromatic N) is 1. The fraction of sp³-hybridized carbons (Fsp3) is 0.154. The Morgan fingerprint density at radius 3 is 2.50 bits per heavy atom. The highest BCUT2D eigenvalue weighted by atomic mass is 16.3. The molecule has 0 saturated heterocycles. The van der Waals surface area contributed by atoms with Crippen molar-refractivity contribution in [3.63, 3.8) is 0 Å². The molecule has 4 aromatic rings. The van der Waals surface area contributed by atoms with Gasteiger partial charge in [-0.3, -0.25) is 9.78 Å². The first-order chi connectivity index (χ1) is 14.6. The van der Waals surface area contributed by atoms with E-state index in [1.165, 1.54) is 0 Å². The Labute approximate surface area is 176 Å². The van der Waals surface area contributed by atoms with Gasteiger partial charge in [0.05, 0.1) is 6.04 Å². The van der Waals surface area contributed by atoms with E-state index in [1.807, 2.05) is 85.8 Å². The zero-order valence-corrected chi connectivity index (χ0v) is 16.9. The van der Waals surface area contributed by atoms with Crippen molar-refractivity contribution in [1.29, 1.82) is 0 Å². The molecule has 0 unspecified atom stereocenters. The first kappa shape index (κ1) is 19.6. The molecule has 0 fully saturated rings. The van der Waals surface area contributed by atoms with Crippen molar-refractivity contribution in [1.82, 2.24) is 10.3 Å². The van der Waals surface area contributed by atoms with Gasteiger partial charge in [0.1, 0.15) is 11.3 Å². The predicted molar refractivity (Wildman–Crippen MR) is 119 cm³/mol. The van der Waals surface area contributed by atoms with Crippen LogP contribution in [-0.2, 0) is 11.2 Å². The van der Waals surface area contributed by atoms with Gasteiger partial charge in [-0.1, -0.05) is 78.4 Å². The van der Waals surface area contributed by atoms with Gasteiger partial charge in [0, 0.05) is 23.6 Å². The van der Waals surface area contributed by atoms with Gasteiger partial charge in [0.25, 0.3) is 0 Å². The van der Waals surface area contributed by atoms with E-state index in [2.05, 4.69) is 10.3 Å². The van der Waals surface area contributed by atoms with Crippen LogP contribution in [0.4, 0.5) is 0 Å². The van der Waals surface area contributed by atoms with Gasteiger partial charge in [-0.2, -0.15) is 0 Å². The number of carbonyl (C=O) groups is 1. The third kappa shape index (κ3) is 4.33. The van der Waals surface area contributed by atoms with Crippen LogP contribution in [0.1, 0.15) is 34.7 Å². The van der Waals surface area contributed by atoms with E-state index in [0.717, 1.165) is 22.1 Å². The summed E-state index contributed by atoms with van der Waals surface area (Å²) in [7, 11) is 0. The highest BCUT2D eigenvalue weighted by molar-refractivity contribution is 5.86. The number of carbonyl (C=O) groups excluding carboxylic acids is 1. The monoisotopic (exact) mass is 396 g/mol. The van der Waals surface area contributed by atoms with Crippen molar-refractivity contribution in [2.75, 3.05) is 0 Å². The molecule has 1 aromatic heterocycles. The highest BCUT2D eigenvalue weighted by Crippen LogP contribution is 2.34. The molecule has 0 aliphatic carbocycles. The van der Waals surface area contributed by atoms with Crippen LogP contribution in [0.2, 0.25) is 0 Å². The second-order valence-electron chi connectivity index (χ2n) is 7.48. The molecule has 3 aromatic carbocycles. The molecule has 2 N–H and O–H groups in total. The lowest BCUT2D eigenvalue weighted by atomic mass is 9.95. The summed E-state index contributed by atoms with van der Waals surface area (Å²) in [5.74, 6) is 0.0342. The van der Waals surface area contributed by atoms with E-state index in [4.69, 9.17) is 0 Å². The molecule has 4 rings (SSSR count). The fourth-order valence-corrected chi connectivity index (χ4v) is 3.61. The summed E-state index contributed by atoms with van der Waals surface area (Å²) < 4.78 is 0. The largest absolute Gasteiger partial charge is 0.505 e. The smallest absolute Gasteiger partial charge is 0.221 e. The molecule has 1 atom stereocenters. The van der Waals surface area contributed by atoms with Crippen LogP contribution in [0.15, 0.2) is 85.1 Å². The maximum Gasteiger partial charge on any atom is 0.221 e. The Balaban J connectivity index is 1.64. The molecule has 0 bridgehead atoms. The molecule has 0 aliphatic rings. The minimum absolute atomic E-state index is 0.0649. The number of rotatable bonds is 6. The molecule has 150 valence electrons. The SMILES string of the molecule is Cc1ccc([C@@H](NC(=O)CCc2ccccc2)c2ccc3cccnc3c2O)cc1. The van der Waals surface area contributed by atoms with Crippen molar-refractivity contribution in [3.05, 3.63) is 107 Å². The Morgan fingerprint density at radius 1 is 0.967 bits per heavy atom. The Bertz CT molecular complexity index is 1150. The van der Waals surface area contributed by atoms with Crippen molar-refractivity contribution in [2.45, 2.75) is 25.8 Å². The summed E-state index contributed by atoms with van der Waals surface area (Å²) in [5.41, 5.74) is 4.34. The van der Waals surface area contributed by atoms with Crippen LogP contribution in [0.25, 0.3) is 10.9 Å². The van der Waals surface area contributed by atoms with E-state index < -0.39 is 6.04 Å². The number of phenolic OH excluding ortho intramolecular Hbond substituents is 1. The van der Waals surface area contributed by atoms with Crippen molar-refractivity contribution in [3.8, 4) is 5.75 Å².